The number of aliphatic carboxylic acids is 1. The molecule has 0 radical (unpaired) electrons. The Bertz CT molecular complexity index is 1010. The topological polar surface area (TPSA) is 55.8 Å². The molecule has 3 aromatic carbocycles. The lowest BCUT2D eigenvalue weighted by molar-refractivity contribution is -0.136. The number of ether oxygens (including phenoxy) is 2. The van der Waals surface area contributed by atoms with Gasteiger partial charge in [-0.05, 0) is 59.0 Å². The third-order valence-electron chi connectivity index (χ3n) is 4.61. The maximum atomic E-state index is 11.0. The normalized spacial score (nSPS) is 10.6. The van der Waals surface area contributed by atoms with Crippen LogP contribution >= 0.6 is 11.6 Å². The smallest absolute Gasteiger partial charge is 0.307 e. The van der Waals surface area contributed by atoms with Crippen molar-refractivity contribution < 1.29 is 19.4 Å². The summed E-state index contributed by atoms with van der Waals surface area (Å²) in [6.45, 7) is 2.44. The molecule has 0 amide bonds. The number of aryl methyl sites for hydroxylation is 1. The molecule has 29 heavy (non-hydrogen) atoms. The van der Waals surface area contributed by atoms with E-state index in [0.29, 0.717) is 23.8 Å². The van der Waals surface area contributed by atoms with E-state index >= 15 is 0 Å². The zero-order chi connectivity index (χ0) is 20.8. The summed E-state index contributed by atoms with van der Waals surface area (Å²) < 4.78 is 11.3. The van der Waals surface area contributed by atoms with Gasteiger partial charge in [-0.3, -0.25) is 4.79 Å². The maximum Gasteiger partial charge on any atom is 0.307 e. The largest absolute Gasteiger partial charge is 0.496 e. The molecule has 3 aromatic rings. The Labute approximate surface area is 175 Å². The van der Waals surface area contributed by atoms with Crippen molar-refractivity contribution in [1.29, 1.82) is 0 Å². The van der Waals surface area contributed by atoms with Gasteiger partial charge >= 0.3 is 5.97 Å². The number of hydrogen-bond donors (Lipinski definition) is 1. The van der Waals surface area contributed by atoms with Crippen molar-refractivity contribution >= 4 is 17.6 Å². The first kappa shape index (κ1) is 20.7. The predicted molar refractivity (Wildman–Crippen MR) is 115 cm³/mol. The summed E-state index contributed by atoms with van der Waals surface area (Å²) in [6, 6.07) is 19.2. The van der Waals surface area contributed by atoms with Crippen molar-refractivity contribution in [3.8, 4) is 22.6 Å². The fraction of sp³-hybridized carbons (Fsp3) is 0.208. The number of hydrogen-bond acceptors (Lipinski definition) is 3. The molecule has 150 valence electrons. The van der Waals surface area contributed by atoms with Gasteiger partial charge in [-0.25, -0.2) is 0 Å². The summed E-state index contributed by atoms with van der Waals surface area (Å²) in [5.41, 5.74) is 4.83. The van der Waals surface area contributed by atoms with Crippen molar-refractivity contribution in [3.63, 3.8) is 0 Å². The minimum absolute atomic E-state index is 0.00199. The maximum absolute atomic E-state index is 11.0. The predicted octanol–water partition coefficient (Wildman–Crippen LogP) is 5.57. The minimum Gasteiger partial charge on any atom is -0.496 e. The molecule has 0 heterocycles. The van der Waals surface area contributed by atoms with E-state index in [1.165, 1.54) is 0 Å². The molecule has 0 aliphatic carbocycles. The summed E-state index contributed by atoms with van der Waals surface area (Å²) in [5.74, 6) is 0.604. The molecule has 0 aliphatic heterocycles. The molecule has 0 spiro atoms. The third kappa shape index (κ3) is 5.52. The van der Waals surface area contributed by atoms with Gasteiger partial charge < -0.3 is 14.6 Å². The summed E-state index contributed by atoms with van der Waals surface area (Å²) in [7, 11) is 1.64. The minimum atomic E-state index is -0.843. The highest BCUT2D eigenvalue weighted by Gasteiger charge is 2.09. The number of rotatable bonds is 8. The second-order valence-electron chi connectivity index (χ2n) is 6.83. The van der Waals surface area contributed by atoms with Gasteiger partial charge in [-0.15, -0.1) is 0 Å². The Hall–Kier alpha value is -2.98. The Kier molecular flexibility index (Phi) is 6.78. The first-order chi connectivity index (χ1) is 14.0. The van der Waals surface area contributed by atoms with Crippen LogP contribution in [-0.4, -0.2) is 24.8 Å². The molecular weight excluding hydrogens is 388 g/mol. The monoisotopic (exact) mass is 410 g/mol. The van der Waals surface area contributed by atoms with E-state index in [-0.39, 0.29) is 6.42 Å². The summed E-state index contributed by atoms with van der Waals surface area (Å²) in [4.78, 5) is 11.0. The fourth-order valence-electron chi connectivity index (χ4n) is 3.18. The Morgan fingerprint density at radius 3 is 2.48 bits per heavy atom. The summed E-state index contributed by atoms with van der Waals surface area (Å²) in [5, 5.41) is 9.62. The van der Waals surface area contributed by atoms with E-state index in [1.54, 1.807) is 7.11 Å². The second-order valence-corrected chi connectivity index (χ2v) is 7.24. The summed E-state index contributed by atoms with van der Waals surface area (Å²) >= 11 is 6.23. The van der Waals surface area contributed by atoms with E-state index < -0.39 is 5.97 Å². The van der Waals surface area contributed by atoms with Crippen molar-refractivity contribution in [2.75, 3.05) is 13.7 Å². The SMILES string of the molecule is COc1ccc(-c2cccc(CC(=O)O)c2)cc1CCOc1ccc(C)cc1Cl. The van der Waals surface area contributed by atoms with Gasteiger partial charge in [0.25, 0.3) is 0 Å². The van der Waals surface area contributed by atoms with Crippen LogP contribution in [0.3, 0.4) is 0 Å². The number of methoxy groups -OCH3 is 1. The highest BCUT2D eigenvalue weighted by atomic mass is 35.5. The molecule has 0 aromatic heterocycles. The molecule has 0 saturated carbocycles. The molecule has 0 atom stereocenters. The van der Waals surface area contributed by atoms with Crippen molar-refractivity contribution in [1.82, 2.24) is 0 Å². The first-order valence-electron chi connectivity index (χ1n) is 9.33. The van der Waals surface area contributed by atoms with Crippen LogP contribution in [0.2, 0.25) is 5.02 Å². The van der Waals surface area contributed by atoms with Gasteiger partial charge in [0.2, 0.25) is 0 Å². The van der Waals surface area contributed by atoms with E-state index in [4.69, 9.17) is 26.2 Å². The number of carboxylic acids is 1. The number of carbonyl (C=O) groups is 1. The average Bonchev–Trinajstić information content (AvgIpc) is 2.69. The van der Waals surface area contributed by atoms with Crippen LogP contribution in [0, 0.1) is 6.92 Å². The zero-order valence-corrected chi connectivity index (χ0v) is 17.2. The van der Waals surface area contributed by atoms with Crippen LogP contribution in [0.4, 0.5) is 0 Å². The average molecular weight is 411 g/mol. The van der Waals surface area contributed by atoms with Crippen LogP contribution in [-0.2, 0) is 17.6 Å². The van der Waals surface area contributed by atoms with Gasteiger partial charge in [-0.2, -0.15) is 0 Å². The van der Waals surface area contributed by atoms with Crippen LogP contribution in [0.15, 0.2) is 60.7 Å². The van der Waals surface area contributed by atoms with Crippen molar-refractivity contribution in [2.24, 2.45) is 0 Å². The summed E-state index contributed by atoms with van der Waals surface area (Å²) in [6.07, 6.45) is 0.651. The Morgan fingerprint density at radius 2 is 1.76 bits per heavy atom. The molecule has 1 N–H and O–H groups in total. The van der Waals surface area contributed by atoms with E-state index in [2.05, 4.69) is 6.07 Å². The molecule has 0 fully saturated rings. The van der Waals surface area contributed by atoms with Gasteiger partial charge in [0.15, 0.2) is 0 Å². The molecular formula is C24H23ClO4. The first-order valence-corrected chi connectivity index (χ1v) is 9.71. The molecule has 4 nitrogen and oxygen atoms in total. The lowest BCUT2D eigenvalue weighted by Crippen LogP contribution is -2.04. The molecule has 0 saturated heterocycles. The molecule has 0 aliphatic rings. The molecule has 5 heteroatoms. The van der Waals surface area contributed by atoms with Gasteiger partial charge in [-0.1, -0.05) is 48.0 Å². The molecule has 3 rings (SSSR count). The standard InChI is InChI=1S/C24H23ClO4/c1-16-6-8-23(21(25)12-16)29-11-10-20-15-19(7-9-22(20)28-2)18-5-3-4-17(13-18)14-24(26)27/h3-9,12-13,15H,10-11,14H2,1-2H3,(H,26,27). The zero-order valence-electron chi connectivity index (χ0n) is 16.4. The van der Waals surface area contributed by atoms with Crippen LogP contribution in [0.1, 0.15) is 16.7 Å². The Morgan fingerprint density at radius 1 is 1.00 bits per heavy atom. The fourth-order valence-corrected chi connectivity index (χ4v) is 3.47. The van der Waals surface area contributed by atoms with E-state index in [0.717, 1.165) is 33.6 Å². The van der Waals surface area contributed by atoms with Crippen molar-refractivity contribution in [3.05, 3.63) is 82.4 Å². The number of benzene rings is 3. The van der Waals surface area contributed by atoms with Crippen LogP contribution in [0.5, 0.6) is 11.5 Å². The van der Waals surface area contributed by atoms with Crippen molar-refractivity contribution in [2.45, 2.75) is 19.8 Å². The molecule has 0 unspecified atom stereocenters. The van der Waals surface area contributed by atoms with E-state index in [9.17, 15) is 4.79 Å². The van der Waals surface area contributed by atoms with Crippen LogP contribution in [0.25, 0.3) is 11.1 Å². The highest BCUT2D eigenvalue weighted by Crippen LogP contribution is 2.29. The quantitative estimate of drug-likeness (QED) is 0.527. The van der Waals surface area contributed by atoms with Crippen LogP contribution < -0.4 is 9.47 Å². The van der Waals surface area contributed by atoms with E-state index in [1.807, 2.05) is 61.5 Å². The molecule has 0 bridgehead atoms. The van der Waals surface area contributed by atoms with Gasteiger partial charge in [0.1, 0.15) is 11.5 Å². The van der Waals surface area contributed by atoms with Gasteiger partial charge in [0.05, 0.1) is 25.2 Å². The number of carboxylic acid groups (broad SMARTS) is 1. The highest BCUT2D eigenvalue weighted by molar-refractivity contribution is 6.32. The Balaban J connectivity index is 1.77. The third-order valence-corrected chi connectivity index (χ3v) is 4.91. The number of halogens is 1. The lowest BCUT2D eigenvalue weighted by Gasteiger charge is -2.13. The van der Waals surface area contributed by atoms with Gasteiger partial charge in [0, 0.05) is 6.42 Å². The lowest BCUT2D eigenvalue weighted by atomic mass is 9.98. The second kappa shape index (κ2) is 9.48.